The number of ether oxygens (including phenoxy) is 4. The largest absolute Gasteiger partial charge is 0.481 e. The van der Waals surface area contributed by atoms with Gasteiger partial charge in [0.2, 0.25) is 0 Å². The second-order valence-electron chi connectivity index (χ2n) is 16.5. The van der Waals surface area contributed by atoms with E-state index in [1.807, 2.05) is 83.4 Å². The summed E-state index contributed by atoms with van der Waals surface area (Å²) in [4.78, 5) is 119. The summed E-state index contributed by atoms with van der Waals surface area (Å²) in [5.74, 6) is -3.65. The van der Waals surface area contributed by atoms with Gasteiger partial charge in [-0.2, -0.15) is 0 Å². The third-order valence-corrected chi connectivity index (χ3v) is 10.3. The van der Waals surface area contributed by atoms with Crippen LogP contribution in [0.25, 0.3) is 0 Å². The Balaban J connectivity index is 0.000000581. The van der Waals surface area contributed by atoms with Gasteiger partial charge in [0.15, 0.2) is 0 Å². The summed E-state index contributed by atoms with van der Waals surface area (Å²) in [6.45, 7) is -0.0105. The molecule has 4 aromatic rings. The van der Waals surface area contributed by atoms with Crippen LogP contribution in [0.2, 0.25) is 0 Å². The van der Waals surface area contributed by atoms with Crippen molar-refractivity contribution in [3.05, 3.63) is 144 Å². The van der Waals surface area contributed by atoms with Crippen LogP contribution >= 0.6 is 0 Å². The van der Waals surface area contributed by atoms with Gasteiger partial charge in [0.05, 0.1) is 0 Å². The van der Waals surface area contributed by atoms with Gasteiger partial charge in [-0.1, -0.05) is 131 Å². The molecule has 448 valence electrons. The van der Waals surface area contributed by atoms with Crippen molar-refractivity contribution in [1.29, 1.82) is 0 Å². The molecule has 4 rings (SSSR count). The van der Waals surface area contributed by atoms with E-state index >= 15 is 0 Å². The second-order valence-corrected chi connectivity index (χ2v) is 16.5. The molecule has 4 atom stereocenters. The lowest BCUT2D eigenvalue weighted by Crippen LogP contribution is -2.52. The van der Waals surface area contributed by atoms with Crippen LogP contribution in [-0.2, 0) is 83.7 Å². The Labute approximate surface area is 475 Å². The van der Waals surface area contributed by atoms with Crippen molar-refractivity contribution in [3.8, 4) is 0 Å². The molecule has 0 bridgehead atoms. The van der Waals surface area contributed by atoms with Gasteiger partial charge >= 0.3 is 59.8 Å². The van der Waals surface area contributed by atoms with E-state index in [4.69, 9.17) is 39.4 Å². The summed E-state index contributed by atoms with van der Waals surface area (Å²) in [7, 11) is 0. The maximum Gasteiger partial charge on any atom is 0.329 e. The number of nitrogens with two attached hydrogens (primary N) is 1. The number of aliphatic carboxylic acids is 4. The third kappa shape index (κ3) is 33.4. The molecule has 0 saturated heterocycles. The number of nitrogens with zero attached hydrogens (tertiary/aromatic N) is 10. The standard InChI is InChI=1S/C39H40N2O9.C11H16N2O9.FH2N11/c42-35(47-25-29-13-5-1-6-14-29)23-21-33(37(44)49-27-31-17-9-3-10-18-31)40-39(46)41-34(38(45)50-28-32-19-11-4-12-20-32)22-24-36(43)48-26-30-15-7-2-8-16-30;14-7(15)3-1-5(9(18)19)12-11(22)13-6(10(20)21)2-4-8(16)17;1-3-5-7-9-11-12-10-8-6-4-2/h1-20,33-34H,21-28H2,(H2,40,41,46);5-6H,1-4H2,(H,14,15)(H,16,17)(H,18,19)(H,20,21)(H2,12,13,22);(H2,2,3,6,7,10,11)/t33-,34-;5-,6-;/m00./s1. The highest BCUT2D eigenvalue weighted by Gasteiger charge is 2.29. The number of rotatable bonds is 32. The average molecular weight is 1180 g/mol. The highest BCUT2D eigenvalue weighted by Crippen LogP contribution is 2.12. The van der Waals surface area contributed by atoms with Crippen molar-refractivity contribution in [2.24, 2.45) is 58.2 Å². The van der Waals surface area contributed by atoms with E-state index in [2.05, 4.69) is 63.5 Å². The molecule has 0 saturated carbocycles. The predicted molar refractivity (Wildman–Crippen MR) is 280 cm³/mol. The summed E-state index contributed by atoms with van der Waals surface area (Å²) >= 11 is 0. The lowest BCUT2D eigenvalue weighted by atomic mass is 10.1. The van der Waals surface area contributed by atoms with Crippen LogP contribution in [-0.4, -0.2) is 104 Å². The van der Waals surface area contributed by atoms with Crippen molar-refractivity contribution in [1.82, 2.24) is 21.3 Å². The van der Waals surface area contributed by atoms with Gasteiger partial charge in [-0.05, 0) is 68.8 Å². The zero-order valence-electron chi connectivity index (χ0n) is 44.3. The molecule has 0 fully saturated rings. The van der Waals surface area contributed by atoms with Crippen LogP contribution in [0.3, 0.4) is 0 Å². The monoisotopic (exact) mass is 1180 g/mol. The molecule has 0 aliphatic heterocycles. The van der Waals surface area contributed by atoms with E-state index in [0.29, 0.717) is 0 Å². The Morgan fingerprint density at radius 1 is 0.393 bits per heavy atom. The zero-order valence-corrected chi connectivity index (χ0v) is 44.3. The summed E-state index contributed by atoms with van der Waals surface area (Å²) < 4.78 is 32.4. The molecule has 0 heterocycles. The molecule has 4 amide bonds. The molecule has 0 radical (unpaired) electrons. The molecule has 84 heavy (non-hydrogen) atoms. The first kappa shape index (κ1) is 69.0. The highest BCUT2D eigenvalue weighted by atomic mass is 19.2. The molecular formula is C50H58FN15O18. The summed E-state index contributed by atoms with van der Waals surface area (Å²) in [6.07, 6.45) is -2.44. The minimum atomic E-state index is -1.51. The number of carboxylic acids is 4. The smallest absolute Gasteiger partial charge is 0.329 e. The fourth-order valence-corrected chi connectivity index (χ4v) is 6.21. The maximum absolute atomic E-state index is 13.3. The van der Waals surface area contributed by atoms with Gasteiger partial charge in [0.25, 0.3) is 0 Å². The number of amides is 4. The van der Waals surface area contributed by atoms with Gasteiger partial charge in [-0.15, -0.1) is 0 Å². The van der Waals surface area contributed by atoms with Crippen molar-refractivity contribution in [2.45, 2.75) is 102 Å². The number of esters is 4. The van der Waals surface area contributed by atoms with Gasteiger partial charge < -0.3 is 66.5 Å². The number of hydrogen-bond acceptors (Lipinski definition) is 16. The van der Waals surface area contributed by atoms with Crippen molar-refractivity contribution >= 4 is 59.8 Å². The molecule has 33 nitrogen and oxygen atoms in total. The van der Waals surface area contributed by atoms with E-state index in [1.54, 1.807) is 53.9 Å². The second kappa shape index (κ2) is 41.9. The van der Waals surface area contributed by atoms with Crippen LogP contribution in [0.15, 0.2) is 174 Å². The first-order valence-electron chi connectivity index (χ1n) is 24.5. The number of hydrogen-bond donors (Lipinski definition) is 9. The maximum atomic E-state index is 13.3. The van der Waals surface area contributed by atoms with E-state index < -0.39 is 96.8 Å². The molecule has 4 aromatic carbocycles. The minimum Gasteiger partial charge on any atom is -0.481 e. The first-order chi connectivity index (χ1) is 40.4. The van der Waals surface area contributed by atoms with Crippen LogP contribution in [0.4, 0.5) is 14.1 Å². The normalized spacial score (nSPS) is 12.2. The molecule has 0 aromatic heterocycles. The minimum absolute atomic E-state index is 0.0528. The predicted octanol–water partition coefficient (Wildman–Crippen LogP) is 6.14. The van der Waals surface area contributed by atoms with Crippen LogP contribution in [0.1, 0.15) is 73.6 Å². The lowest BCUT2D eigenvalue weighted by molar-refractivity contribution is -0.150. The average Bonchev–Trinajstić information content (AvgIpc) is 3.56. The van der Waals surface area contributed by atoms with E-state index in [-0.39, 0.29) is 65.0 Å². The van der Waals surface area contributed by atoms with Gasteiger partial charge in [-0.3, -0.25) is 19.2 Å². The Kier molecular flexibility index (Phi) is 34.4. The van der Waals surface area contributed by atoms with Crippen LogP contribution in [0, 0.1) is 0 Å². The fourth-order valence-electron chi connectivity index (χ4n) is 6.21. The van der Waals surface area contributed by atoms with Crippen molar-refractivity contribution < 1.29 is 91.8 Å². The summed E-state index contributed by atoms with van der Waals surface area (Å²) in [5.41, 5.74) is 3.05. The quantitative estimate of drug-likeness (QED) is 0.00870. The van der Waals surface area contributed by atoms with Crippen LogP contribution < -0.4 is 27.1 Å². The molecule has 0 spiro atoms. The summed E-state index contributed by atoms with van der Waals surface area (Å²) in [6, 6.07) is 28.6. The first-order valence-corrected chi connectivity index (χ1v) is 24.5. The molecule has 0 unspecified atom stereocenters. The molecular weight excluding hydrogens is 1120 g/mol. The number of carbonyl (C=O) groups is 10. The number of carbonyl (C=O) groups excluding carboxylic acids is 6. The number of urea groups is 2. The third-order valence-electron chi connectivity index (χ3n) is 10.3. The number of halogens is 1. The van der Waals surface area contributed by atoms with E-state index in [0.717, 1.165) is 22.3 Å². The van der Waals surface area contributed by atoms with Gasteiger partial charge in [-0.25, -0.2) is 28.8 Å². The Bertz CT molecular complexity index is 2670. The van der Waals surface area contributed by atoms with E-state index in [1.165, 1.54) is 0 Å². The number of nitrogens with one attached hydrogen (secondary N) is 4. The molecule has 0 aliphatic rings. The summed E-state index contributed by atoms with van der Waals surface area (Å²) in [5, 5.41) is 70.1. The Hall–Kier alpha value is -11.1. The molecule has 34 heteroatoms. The number of carboxylic acid groups (broad SMARTS) is 4. The highest BCUT2D eigenvalue weighted by molar-refractivity contribution is 5.88. The number of benzene rings is 4. The fraction of sp³-hybridized carbons (Fsp3) is 0.320. The van der Waals surface area contributed by atoms with Gasteiger partial charge in [0.1, 0.15) is 50.6 Å². The van der Waals surface area contributed by atoms with Crippen molar-refractivity contribution in [2.75, 3.05) is 0 Å². The topological polar surface area (TPSA) is 486 Å². The Morgan fingerprint density at radius 3 is 0.952 bits per heavy atom. The SMILES string of the molecule is N/N=N/N=N/N=N/N=N/N=NF.O=C(N[C@@H](CCC(=O)OCc1ccccc1)C(=O)OCc1ccccc1)N[C@@H](CCC(=O)OCc1ccccc1)C(=O)OCc1ccccc1.O=C(O)CC[C@H](NC(=O)N[C@@H](CCC(=O)O)C(=O)O)C(=O)O. The van der Waals surface area contributed by atoms with E-state index in [9.17, 15) is 52.4 Å². The lowest BCUT2D eigenvalue weighted by Gasteiger charge is -2.21. The van der Waals surface area contributed by atoms with Crippen molar-refractivity contribution in [3.63, 3.8) is 0 Å². The van der Waals surface area contributed by atoms with Crippen LogP contribution in [0.5, 0.6) is 0 Å². The zero-order chi connectivity index (χ0) is 61.7. The van der Waals surface area contributed by atoms with Gasteiger partial charge in [0, 0.05) is 51.9 Å². The molecule has 10 N–H and O–H groups in total. The molecule has 0 aliphatic carbocycles. The Morgan fingerprint density at radius 2 is 0.667 bits per heavy atom.